The lowest BCUT2D eigenvalue weighted by molar-refractivity contribution is -0.0494. The van der Waals surface area contributed by atoms with Gasteiger partial charge in [-0.3, -0.25) is 4.99 Å². The van der Waals surface area contributed by atoms with E-state index >= 15 is 0 Å². The molecule has 0 radical (unpaired) electrons. The summed E-state index contributed by atoms with van der Waals surface area (Å²) in [5.41, 5.74) is -5.23. The van der Waals surface area contributed by atoms with Gasteiger partial charge >= 0.3 is 15.5 Å². The van der Waals surface area contributed by atoms with Crippen molar-refractivity contribution in [2.75, 3.05) is 19.6 Å². The number of nitrogens with one attached hydrogen (secondary N) is 2. The summed E-state index contributed by atoms with van der Waals surface area (Å²) in [4.78, 5) is 4.38. The van der Waals surface area contributed by atoms with Crippen LogP contribution in [-0.2, 0) is 10.0 Å². The third kappa shape index (κ3) is 5.22. The summed E-state index contributed by atoms with van der Waals surface area (Å²) in [6.45, 7) is 4.39. The molecule has 1 aliphatic heterocycles. The lowest BCUT2D eigenvalue weighted by atomic mass is 10.1. The van der Waals surface area contributed by atoms with Crippen molar-refractivity contribution in [2.45, 2.75) is 63.5 Å². The summed E-state index contributed by atoms with van der Waals surface area (Å²) < 4.78 is 61.2. The predicted molar refractivity (Wildman–Crippen MR) is 90.6 cm³/mol. The Morgan fingerprint density at radius 1 is 1.20 bits per heavy atom. The van der Waals surface area contributed by atoms with Gasteiger partial charge in [-0.1, -0.05) is 13.3 Å². The minimum absolute atomic E-state index is 0.0825. The maximum absolute atomic E-state index is 12.6. The number of alkyl halides is 3. The van der Waals surface area contributed by atoms with Gasteiger partial charge in [-0.05, 0) is 38.5 Å². The van der Waals surface area contributed by atoms with Gasteiger partial charge in [0.05, 0.1) is 0 Å². The van der Waals surface area contributed by atoms with Crippen LogP contribution in [0.3, 0.4) is 0 Å². The summed E-state index contributed by atoms with van der Waals surface area (Å²) in [5, 5.41) is 6.60. The number of halogens is 3. The number of nitrogens with zero attached hydrogens (tertiary/aromatic N) is 2. The minimum atomic E-state index is -5.23. The molecule has 1 saturated carbocycles. The van der Waals surface area contributed by atoms with Gasteiger partial charge < -0.3 is 10.6 Å². The van der Waals surface area contributed by atoms with Crippen LogP contribution in [-0.4, -0.2) is 55.9 Å². The summed E-state index contributed by atoms with van der Waals surface area (Å²) in [6.07, 6.45) is 4.07. The van der Waals surface area contributed by atoms with Crippen molar-refractivity contribution in [3.05, 3.63) is 0 Å². The predicted octanol–water partition coefficient (Wildman–Crippen LogP) is 2.04. The summed E-state index contributed by atoms with van der Waals surface area (Å²) in [6, 6.07) is 0.323. The number of hydrogen-bond acceptors (Lipinski definition) is 3. The highest BCUT2D eigenvalue weighted by atomic mass is 32.2. The van der Waals surface area contributed by atoms with Gasteiger partial charge in [-0.2, -0.15) is 17.5 Å². The molecule has 2 atom stereocenters. The number of hydrogen-bond donors (Lipinski definition) is 2. The van der Waals surface area contributed by atoms with E-state index in [1.165, 1.54) is 6.42 Å². The van der Waals surface area contributed by atoms with Crippen LogP contribution >= 0.6 is 0 Å². The molecule has 6 nitrogen and oxygen atoms in total. The molecule has 2 aliphatic rings. The van der Waals surface area contributed by atoms with Crippen LogP contribution in [0, 0.1) is 5.92 Å². The Labute approximate surface area is 147 Å². The third-order valence-electron chi connectivity index (χ3n) is 4.65. The van der Waals surface area contributed by atoms with Gasteiger partial charge in [-0.25, -0.2) is 8.42 Å². The van der Waals surface area contributed by atoms with Crippen LogP contribution in [0.4, 0.5) is 13.2 Å². The van der Waals surface area contributed by atoms with Crippen molar-refractivity contribution >= 4 is 16.0 Å². The standard InChI is InChI=1S/C15H27F3N4O2S/c1-3-5-11-10-13(11)21-14(19-4-2)20-12-6-8-22(9-7-12)25(23,24)15(16,17)18/h11-13H,3-10H2,1-2H3,(H2,19,20,21). The maximum atomic E-state index is 12.6. The van der Waals surface area contributed by atoms with E-state index in [1.807, 2.05) is 6.92 Å². The normalized spacial score (nSPS) is 26.5. The number of piperidine rings is 1. The zero-order valence-electron chi connectivity index (χ0n) is 14.6. The van der Waals surface area contributed by atoms with Crippen molar-refractivity contribution in [2.24, 2.45) is 10.9 Å². The first-order valence-corrected chi connectivity index (χ1v) is 10.3. The Bertz CT molecular complexity index is 572. The van der Waals surface area contributed by atoms with Crippen molar-refractivity contribution in [1.82, 2.24) is 14.9 Å². The summed E-state index contributed by atoms with van der Waals surface area (Å²) in [7, 11) is -5.22. The van der Waals surface area contributed by atoms with Gasteiger partial charge in [0.15, 0.2) is 5.96 Å². The van der Waals surface area contributed by atoms with E-state index in [2.05, 4.69) is 22.5 Å². The molecule has 0 aromatic heterocycles. The van der Waals surface area contributed by atoms with E-state index in [9.17, 15) is 21.6 Å². The van der Waals surface area contributed by atoms with E-state index in [0.29, 0.717) is 41.6 Å². The first-order valence-electron chi connectivity index (χ1n) is 8.83. The average molecular weight is 384 g/mol. The van der Waals surface area contributed by atoms with Crippen LogP contribution in [0.25, 0.3) is 0 Å². The molecule has 25 heavy (non-hydrogen) atoms. The molecule has 1 heterocycles. The topological polar surface area (TPSA) is 73.8 Å². The Balaban J connectivity index is 1.84. The van der Waals surface area contributed by atoms with Gasteiger partial charge in [0.2, 0.25) is 0 Å². The quantitative estimate of drug-likeness (QED) is 0.543. The highest BCUT2D eigenvalue weighted by molar-refractivity contribution is 7.90. The van der Waals surface area contributed by atoms with E-state index in [4.69, 9.17) is 0 Å². The monoisotopic (exact) mass is 384 g/mol. The Morgan fingerprint density at radius 3 is 2.36 bits per heavy atom. The fraction of sp³-hybridized carbons (Fsp3) is 0.933. The average Bonchev–Trinajstić information content (AvgIpc) is 3.25. The number of sulfonamides is 1. The van der Waals surface area contributed by atoms with Crippen molar-refractivity contribution < 1.29 is 21.6 Å². The molecule has 1 saturated heterocycles. The lowest BCUT2D eigenvalue weighted by Crippen LogP contribution is -2.52. The minimum Gasteiger partial charge on any atom is -0.354 e. The van der Waals surface area contributed by atoms with Crippen molar-refractivity contribution in [3.8, 4) is 0 Å². The van der Waals surface area contributed by atoms with E-state index in [1.54, 1.807) is 0 Å². The molecule has 0 aromatic carbocycles. The van der Waals surface area contributed by atoms with Crippen LogP contribution in [0.15, 0.2) is 4.99 Å². The van der Waals surface area contributed by atoms with Gasteiger partial charge in [0.25, 0.3) is 0 Å². The molecular formula is C15H27F3N4O2S. The molecule has 0 bridgehead atoms. The number of rotatable bonds is 6. The first-order chi connectivity index (χ1) is 11.7. The maximum Gasteiger partial charge on any atom is 0.511 e. The van der Waals surface area contributed by atoms with Crippen LogP contribution < -0.4 is 10.6 Å². The molecule has 0 spiro atoms. The summed E-state index contributed by atoms with van der Waals surface area (Å²) in [5.74, 6) is 1.33. The molecule has 10 heteroatoms. The molecule has 2 fully saturated rings. The van der Waals surface area contributed by atoms with E-state index in [0.717, 1.165) is 12.8 Å². The van der Waals surface area contributed by atoms with Gasteiger partial charge in [-0.15, -0.1) is 0 Å². The molecule has 146 valence electrons. The number of guanidine groups is 1. The second-order valence-electron chi connectivity index (χ2n) is 6.63. The highest BCUT2D eigenvalue weighted by Crippen LogP contribution is 2.34. The molecule has 0 amide bonds. The second-order valence-corrected chi connectivity index (χ2v) is 8.56. The lowest BCUT2D eigenvalue weighted by Gasteiger charge is -2.32. The SMILES string of the molecule is CCCC1CC1NC(=NCC)NC1CCN(S(=O)(=O)C(F)(F)F)CC1. The Kier molecular flexibility index (Phi) is 6.58. The molecule has 1 aliphatic carbocycles. The first kappa shape index (κ1) is 20.3. The Hall–Kier alpha value is -1.03. The molecule has 2 rings (SSSR count). The van der Waals surface area contributed by atoms with Crippen molar-refractivity contribution in [1.29, 1.82) is 0 Å². The number of aliphatic imine (C=N–C) groups is 1. The van der Waals surface area contributed by atoms with E-state index < -0.39 is 15.5 Å². The fourth-order valence-electron chi connectivity index (χ4n) is 3.16. The van der Waals surface area contributed by atoms with Crippen molar-refractivity contribution in [3.63, 3.8) is 0 Å². The molecule has 2 N–H and O–H groups in total. The second kappa shape index (κ2) is 8.11. The third-order valence-corrected chi connectivity index (χ3v) is 6.28. The largest absolute Gasteiger partial charge is 0.511 e. The zero-order chi connectivity index (χ0) is 18.7. The molecule has 2 unspecified atom stereocenters. The summed E-state index contributed by atoms with van der Waals surface area (Å²) >= 11 is 0. The smallest absolute Gasteiger partial charge is 0.354 e. The molecule has 0 aromatic rings. The fourth-order valence-corrected chi connectivity index (χ4v) is 4.15. The zero-order valence-corrected chi connectivity index (χ0v) is 15.5. The highest BCUT2D eigenvalue weighted by Gasteiger charge is 2.50. The molecular weight excluding hydrogens is 357 g/mol. The van der Waals surface area contributed by atoms with Crippen LogP contribution in [0.2, 0.25) is 0 Å². The van der Waals surface area contributed by atoms with Gasteiger partial charge in [0, 0.05) is 31.7 Å². The Morgan fingerprint density at radius 2 is 1.84 bits per heavy atom. The van der Waals surface area contributed by atoms with Crippen LogP contribution in [0.1, 0.15) is 46.0 Å². The van der Waals surface area contributed by atoms with Gasteiger partial charge in [0.1, 0.15) is 0 Å². The van der Waals surface area contributed by atoms with E-state index in [-0.39, 0.29) is 19.1 Å². The van der Waals surface area contributed by atoms with Crippen LogP contribution in [0.5, 0.6) is 0 Å².